The summed E-state index contributed by atoms with van der Waals surface area (Å²) in [5.74, 6) is 1.23. The first-order chi connectivity index (χ1) is 11.8. The number of ether oxygens (including phenoxy) is 1. The van der Waals surface area contributed by atoms with Gasteiger partial charge < -0.3 is 4.74 Å². The molecule has 1 amide bonds. The Kier molecular flexibility index (Phi) is 3.70. The number of benzene rings is 2. The van der Waals surface area contributed by atoms with Gasteiger partial charge in [-0.1, -0.05) is 42.5 Å². The SMILES string of the molecule is O=C1CC(c2ccc(OCc3ccccc3)cc2)n2ncnc2N1. The van der Waals surface area contributed by atoms with Crippen molar-refractivity contribution in [2.75, 3.05) is 5.32 Å². The van der Waals surface area contributed by atoms with Crippen LogP contribution in [0.25, 0.3) is 0 Å². The molecule has 1 aliphatic rings. The molecule has 0 saturated heterocycles. The minimum atomic E-state index is -0.139. The van der Waals surface area contributed by atoms with E-state index in [-0.39, 0.29) is 11.9 Å². The van der Waals surface area contributed by atoms with Crippen LogP contribution in [0.3, 0.4) is 0 Å². The Morgan fingerprint density at radius 3 is 2.71 bits per heavy atom. The average molecular weight is 320 g/mol. The number of amides is 1. The fourth-order valence-corrected chi connectivity index (χ4v) is 2.79. The van der Waals surface area contributed by atoms with Gasteiger partial charge in [0, 0.05) is 0 Å². The van der Waals surface area contributed by atoms with Crippen molar-refractivity contribution in [2.45, 2.75) is 19.1 Å². The maximum absolute atomic E-state index is 11.8. The quantitative estimate of drug-likeness (QED) is 0.802. The van der Waals surface area contributed by atoms with Crippen molar-refractivity contribution in [3.8, 4) is 5.75 Å². The third kappa shape index (κ3) is 2.86. The second kappa shape index (κ2) is 6.16. The Morgan fingerprint density at radius 2 is 1.92 bits per heavy atom. The summed E-state index contributed by atoms with van der Waals surface area (Å²) in [5.41, 5.74) is 2.13. The van der Waals surface area contributed by atoms with Crippen molar-refractivity contribution in [1.82, 2.24) is 14.8 Å². The summed E-state index contributed by atoms with van der Waals surface area (Å²) in [7, 11) is 0. The van der Waals surface area contributed by atoms with E-state index < -0.39 is 0 Å². The molecule has 0 spiro atoms. The van der Waals surface area contributed by atoms with Crippen LogP contribution in [0.2, 0.25) is 0 Å². The number of hydrogen-bond acceptors (Lipinski definition) is 4. The minimum Gasteiger partial charge on any atom is -0.489 e. The maximum Gasteiger partial charge on any atom is 0.229 e. The van der Waals surface area contributed by atoms with Crippen LogP contribution in [0, 0.1) is 0 Å². The first-order valence-electron chi connectivity index (χ1n) is 7.75. The second-order valence-corrected chi connectivity index (χ2v) is 5.64. The molecule has 24 heavy (non-hydrogen) atoms. The molecule has 4 rings (SSSR count). The third-order valence-corrected chi connectivity index (χ3v) is 4.01. The highest BCUT2D eigenvalue weighted by Gasteiger charge is 2.27. The summed E-state index contributed by atoms with van der Waals surface area (Å²) < 4.78 is 7.53. The fourth-order valence-electron chi connectivity index (χ4n) is 2.79. The van der Waals surface area contributed by atoms with Gasteiger partial charge in [-0.15, -0.1) is 0 Å². The Labute approximate surface area is 139 Å². The molecule has 1 unspecified atom stereocenters. The first-order valence-corrected chi connectivity index (χ1v) is 7.75. The number of nitrogens with one attached hydrogen (secondary N) is 1. The number of carbonyl (C=O) groups is 1. The number of anilines is 1. The van der Waals surface area contributed by atoms with Gasteiger partial charge in [-0.05, 0) is 23.3 Å². The van der Waals surface area contributed by atoms with Crippen LogP contribution in [0.5, 0.6) is 5.75 Å². The lowest BCUT2D eigenvalue weighted by Crippen LogP contribution is -2.29. The predicted molar refractivity (Wildman–Crippen MR) is 88.6 cm³/mol. The maximum atomic E-state index is 11.8. The normalized spacial score (nSPS) is 16.3. The fraction of sp³-hybridized carbons (Fsp3) is 0.167. The molecule has 6 nitrogen and oxygen atoms in total. The summed E-state index contributed by atoms with van der Waals surface area (Å²) in [6.45, 7) is 0.527. The van der Waals surface area contributed by atoms with Gasteiger partial charge in [-0.3, -0.25) is 10.1 Å². The number of fused-ring (bicyclic) bond motifs is 1. The van der Waals surface area contributed by atoms with Gasteiger partial charge in [-0.25, -0.2) is 4.68 Å². The molecule has 2 heterocycles. The smallest absolute Gasteiger partial charge is 0.229 e. The van der Waals surface area contributed by atoms with Crippen LogP contribution < -0.4 is 10.1 Å². The van der Waals surface area contributed by atoms with Gasteiger partial charge in [0.05, 0.1) is 12.5 Å². The minimum absolute atomic E-state index is 0.0510. The van der Waals surface area contributed by atoms with Gasteiger partial charge in [0.1, 0.15) is 18.7 Å². The van der Waals surface area contributed by atoms with Crippen LogP contribution in [-0.4, -0.2) is 20.7 Å². The third-order valence-electron chi connectivity index (χ3n) is 4.01. The monoisotopic (exact) mass is 320 g/mol. The summed E-state index contributed by atoms with van der Waals surface area (Å²) in [6, 6.07) is 17.7. The molecule has 1 aliphatic heterocycles. The molecule has 0 aliphatic carbocycles. The molecule has 6 heteroatoms. The highest BCUT2D eigenvalue weighted by atomic mass is 16.5. The Bertz CT molecular complexity index is 843. The molecule has 0 radical (unpaired) electrons. The zero-order chi connectivity index (χ0) is 16.4. The van der Waals surface area contributed by atoms with Crippen molar-refractivity contribution < 1.29 is 9.53 Å². The summed E-state index contributed by atoms with van der Waals surface area (Å²) in [6.07, 6.45) is 1.80. The lowest BCUT2D eigenvalue weighted by Gasteiger charge is -2.23. The summed E-state index contributed by atoms with van der Waals surface area (Å²) in [5, 5.41) is 6.92. The molecule has 1 atom stereocenters. The van der Waals surface area contributed by atoms with E-state index in [9.17, 15) is 4.79 Å². The van der Waals surface area contributed by atoms with Crippen LogP contribution in [0.4, 0.5) is 5.95 Å². The molecule has 2 aromatic carbocycles. The van der Waals surface area contributed by atoms with Crippen molar-refractivity contribution in [1.29, 1.82) is 0 Å². The number of rotatable bonds is 4. The number of carbonyl (C=O) groups excluding carboxylic acids is 1. The Morgan fingerprint density at radius 1 is 1.12 bits per heavy atom. The van der Waals surface area contributed by atoms with Crippen molar-refractivity contribution in [2.24, 2.45) is 0 Å². The van der Waals surface area contributed by atoms with Gasteiger partial charge in [0.25, 0.3) is 0 Å². The van der Waals surface area contributed by atoms with Gasteiger partial charge in [-0.2, -0.15) is 10.1 Å². The molecular formula is C18H16N4O2. The standard InChI is InChI=1S/C18H16N4O2/c23-17-10-16(22-18(21-17)19-12-20-22)14-6-8-15(9-7-14)24-11-13-4-2-1-3-5-13/h1-9,12,16H,10-11H2,(H,19,20,21,23). The van der Waals surface area contributed by atoms with E-state index >= 15 is 0 Å². The average Bonchev–Trinajstić information content (AvgIpc) is 3.09. The number of hydrogen-bond donors (Lipinski definition) is 1. The van der Waals surface area contributed by atoms with E-state index in [1.54, 1.807) is 4.68 Å². The van der Waals surface area contributed by atoms with E-state index in [1.165, 1.54) is 6.33 Å². The lowest BCUT2D eigenvalue weighted by atomic mass is 10.0. The Hall–Kier alpha value is -3.15. The summed E-state index contributed by atoms with van der Waals surface area (Å²) in [4.78, 5) is 15.9. The molecule has 0 bridgehead atoms. The second-order valence-electron chi connectivity index (χ2n) is 5.64. The van der Waals surface area contributed by atoms with Crippen molar-refractivity contribution in [3.63, 3.8) is 0 Å². The van der Waals surface area contributed by atoms with E-state index in [0.717, 1.165) is 16.9 Å². The van der Waals surface area contributed by atoms with Gasteiger partial charge >= 0.3 is 0 Å². The molecule has 1 N–H and O–H groups in total. The molecule has 120 valence electrons. The topological polar surface area (TPSA) is 69.0 Å². The number of aromatic nitrogens is 3. The van der Waals surface area contributed by atoms with E-state index in [0.29, 0.717) is 19.0 Å². The van der Waals surface area contributed by atoms with Crippen LogP contribution in [-0.2, 0) is 11.4 Å². The largest absolute Gasteiger partial charge is 0.489 e. The predicted octanol–water partition coefficient (Wildman–Crippen LogP) is 2.79. The molecule has 3 aromatic rings. The molecule has 0 fully saturated rings. The van der Waals surface area contributed by atoms with Gasteiger partial charge in [0.15, 0.2) is 0 Å². The molecule has 1 aromatic heterocycles. The van der Waals surface area contributed by atoms with Crippen molar-refractivity contribution >= 4 is 11.9 Å². The van der Waals surface area contributed by atoms with Crippen LogP contribution in [0.15, 0.2) is 60.9 Å². The lowest BCUT2D eigenvalue weighted by molar-refractivity contribution is -0.117. The highest BCUT2D eigenvalue weighted by Crippen LogP contribution is 2.29. The van der Waals surface area contributed by atoms with E-state index in [2.05, 4.69) is 15.4 Å². The zero-order valence-corrected chi connectivity index (χ0v) is 12.9. The van der Waals surface area contributed by atoms with Crippen molar-refractivity contribution in [3.05, 3.63) is 72.1 Å². The first kappa shape index (κ1) is 14.4. The highest BCUT2D eigenvalue weighted by molar-refractivity contribution is 5.91. The van der Waals surface area contributed by atoms with Crippen LogP contribution in [0.1, 0.15) is 23.6 Å². The zero-order valence-electron chi connectivity index (χ0n) is 12.9. The number of nitrogens with zero attached hydrogens (tertiary/aromatic N) is 3. The summed E-state index contributed by atoms with van der Waals surface area (Å²) >= 11 is 0. The Balaban J connectivity index is 1.49. The molecule has 0 saturated carbocycles. The van der Waals surface area contributed by atoms with Gasteiger partial charge in [0.2, 0.25) is 11.9 Å². The van der Waals surface area contributed by atoms with Crippen LogP contribution >= 0.6 is 0 Å². The van der Waals surface area contributed by atoms with E-state index in [1.807, 2.05) is 54.6 Å². The van der Waals surface area contributed by atoms with E-state index in [4.69, 9.17) is 4.74 Å². The molecular weight excluding hydrogens is 304 g/mol.